The Morgan fingerprint density at radius 2 is 1.80 bits per heavy atom. The predicted molar refractivity (Wildman–Crippen MR) is 71.5 cm³/mol. The zero-order valence-electron chi connectivity index (χ0n) is 11.1. The third-order valence-electron chi connectivity index (χ3n) is 3.01. The third kappa shape index (κ3) is 7.01. The molecule has 20 heavy (non-hydrogen) atoms. The van der Waals surface area contributed by atoms with Crippen molar-refractivity contribution in [2.75, 3.05) is 13.2 Å². The normalized spacial score (nSPS) is 24.8. The first-order valence-electron chi connectivity index (χ1n) is 6.27. The summed E-state index contributed by atoms with van der Waals surface area (Å²) in [6, 6.07) is 0. The molecule has 6 N–H and O–H groups in total. The van der Waals surface area contributed by atoms with Gasteiger partial charge in [0.15, 0.2) is 11.7 Å². The van der Waals surface area contributed by atoms with E-state index in [1.807, 2.05) is 0 Å². The molecule has 0 aromatic heterocycles. The van der Waals surface area contributed by atoms with Gasteiger partial charge in [-0.2, -0.15) is 8.42 Å². The van der Waals surface area contributed by atoms with Crippen LogP contribution in [-0.2, 0) is 19.9 Å². The quantitative estimate of drug-likeness (QED) is 0.307. The lowest BCUT2D eigenvalue weighted by Crippen LogP contribution is -2.34. The van der Waals surface area contributed by atoms with Crippen LogP contribution in [0, 0.1) is 0 Å². The highest BCUT2D eigenvalue weighted by molar-refractivity contribution is 7.79. The molecule has 1 saturated heterocycles. The molecule has 1 saturated carbocycles. The maximum absolute atomic E-state index is 8.74. The van der Waals surface area contributed by atoms with Crippen molar-refractivity contribution in [3.05, 3.63) is 0 Å². The molecule has 118 valence electrons. The summed E-state index contributed by atoms with van der Waals surface area (Å²) in [6.07, 6.45) is 5.69. The van der Waals surface area contributed by atoms with Gasteiger partial charge in [-0.3, -0.25) is 14.1 Å². The van der Waals surface area contributed by atoms with E-state index in [2.05, 4.69) is 4.99 Å². The summed E-state index contributed by atoms with van der Waals surface area (Å²) < 4.78 is 43.2. The molecule has 1 heterocycles. The molecule has 0 amide bonds. The molecule has 0 bridgehead atoms. The lowest BCUT2D eigenvalue weighted by molar-refractivity contribution is -0.186. The molecule has 1 aliphatic heterocycles. The molecule has 1 aliphatic carbocycles. The van der Waals surface area contributed by atoms with E-state index < -0.39 is 10.4 Å². The van der Waals surface area contributed by atoms with Gasteiger partial charge in [0.25, 0.3) is 0 Å². The molecule has 0 radical (unpaired) electrons. The number of rotatable bonds is 2. The molecule has 2 rings (SSSR count). The molecule has 0 aromatic rings. The summed E-state index contributed by atoms with van der Waals surface area (Å²) in [7, 11) is -4.67. The molecule has 1 atom stereocenters. The van der Waals surface area contributed by atoms with Gasteiger partial charge in [-0.25, -0.2) is 0 Å². The first-order chi connectivity index (χ1) is 9.20. The van der Waals surface area contributed by atoms with Gasteiger partial charge in [0.1, 0.15) is 6.10 Å². The number of guanidine groups is 1. The van der Waals surface area contributed by atoms with E-state index in [-0.39, 0.29) is 17.9 Å². The number of aliphatic imine (C=N–C) groups is 1. The van der Waals surface area contributed by atoms with Gasteiger partial charge >= 0.3 is 10.4 Å². The van der Waals surface area contributed by atoms with Crippen molar-refractivity contribution in [2.45, 2.75) is 44.0 Å². The van der Waals surface area contributed by atoms with E-state index in [4.69, 9.17) is 38.5 Å². The van der Waals surface area contributed by atoms with Gasteiger partial charge in [0.05, 0.1) is 13.2 Å². The number of hydrogen-bond donors (Lipinski definition) is 4. The second-order valence-corrected chi connectivity index (χ2v) is 5.63. The first-order valence-corrected chi connectivity index (χ1v) is 7.67. The van der Waals surface area contributed by atoms with Crippen molar-refractivity contribution in [3.8, 4) is 0 Å². The lowest BCUT2D eigenvalue weighted by atomic mass is 9.94. The van der Waals surface area contributed by atoms with Gasteiger partial charge in [-0.05, 0) is 12.8 Å². The van der Waals surface area contributed by atoms with E-state index >= 15 is 0 Å². The summed E-state index contributed by atoms with van der Waals surface area (Å²) in [6.45, 7) is 1.11. The minimum absolute atomic E-state index is 0.0187. The summed E-state index contributed by atoms with van der Waals surface area (Å²) >= 11 is 0. The van der Waals surface area contributed by atoms with Gasteiger partial charge in [-0.15, -0.1) is 0 Å². The summed E-state index contributed by atoms with van der Waals surface area (Å²) in [4.78, 5) is 3.95. The second-order valence-electron chi connectivity index (χ2n) is 4.74. The highest BCUT2D eigenvalue weighted by atomic mass is 32.3. The SMILES string of the molecule is NC(N)=NCC1COC2(CCCCC2)O1.O=S(=O)(O)O. The van der Waals surface area contributed by atoms with Crippen LogP contribution in [0.1, 0.15) is 32.1 Å². The monoisotopic (exact) mass is 311 g/mol. The minimum Gasteiger partial charge on any atom is -0.370 e. The zero-order chi connectivity index (χ0) is 15.2. The average Bonchev–Trinajstić information content (AvgIpc) is 2.69. The van der Waals surface area contributed by atoms with Crippen LogP contribution in [0.4, 0.5) is 0 Å². The van der Waals surface area contributed by atoms with E-state index in [9.17, 15) is 0 Å². The van der Waals surface area contributed by atoms with Crippen LogP contribution in [0.5, 0.6) is 0 Å². The second kappa shape index (κ2) is 7.18. The van der Waals surface area contributed by atoms with Crippen molar-refractivity contribution in [2.24, 2.45) is 16.5 Å². The topological polar surface area (TPSA) is 157 Å². The van der Waals surface area contributed by atoms with E-state index in [0.717, 1.165) is 12.8 Å². The Balaban J connectivity index is 0.000000347. The molecular weight excluding hydrogens is 290 g/mol. The Kier molecular flexibility index (Phi) is 6.14. The van der Waals surface area contributed by atoms with Gasteiger partial charge < -0.3 is 20.9 Å². The van der Waals surface area contributed by atoms with Crippen LogP contribution in [0.3, 0.4) is 0 Å². The highest BCUT2D eigenvalue weighted by Crippen LogP contribution is 2.37. The molecule has 1 spiro atoms. The van der Waals surface area contributed by atoms with Crippen LogP contribution in [0.15, 0.2) is 4.99 Å². The van der Waals surface area contributed by atoms with Crippen molar-refractivity contribution >= 4 is 16.4 Å². The fraction of sp³-hybridized carbons (Fsp3) is 0.900. The largest absolute Gasteiger partial charge is 0.394 e. The molecule has 9 nitrogen and oxygen atoms in total. The van der Waals surface area contributed by atoms with Crippen LogP contribution in [0.25, 0.3) is 0 Å². The van der Waals surface area contributed by atoms with Crippen molar-refractivity contribution in [1.82, 2.24) is 0 Å². The average molecular weight is 311 g/mol. The Morgan fingerprint density at radius 1 is 1.25 bits per heavy atom. The Bertz CT molecular complexity index is 420. The summed E-state index contributed by atoms with van der Waals surface area (Å²) in [5, 5.41) is 0. The third-order valence-corrected chi connectivity index (χ3v) is 3.01. The molecule has 10 heteroatoms. The van der Waals surface area contributed by atoms with E-state index in [0.29, 0.717) is 13.2 Å². The van der Waals surface area contributed by atoms with Crippen LogP contribution < -0.4 is 11.5 Å². The van der Waals surface area contributed by atoms with Gasteiger partial charge in [0, 0.05) is 12.8 Å². The fourth-order valence-corrected chi connectivity index (χ4v) is 2.27. The number of hydrogen-bond acceptors (Lipinski definition) is 5. The van der Waals surface area contributed by atoms with Gasteiger partial charge in [0.2, 0.25) is 0 Å². The van der Waals surface area contributed by atoms with E-state index in [1.54, 1.807) is 0 Å². The molecular formula is C10H21N3O6S. The van der Waals surface area contributed by atoms with Crippen molar-refractivity contribution in [1.29, 1.82) is 0 Å². The molecule has 2 aliphatic rings. The number of nitrogens with two attached hydrogens (primary N) is 2. The van der Waals surface area contributed by atoms with Crippen molar-refractivity contribution < 1.29 is 27.0 Å². The molecule has 2 fully saturated rings. The molecule has 0 aromatic carbocycles. The predicted octanol–water partition coefficient (Wildman–Crippen LogP) is -0.317. The van der Waals surface area contributed by atoms with Crippen molar-refractivity contribution in [3.63, 3.8) is 0 Å². The molecule has 1 unspecified atom stereocenters. The van der Waals surface area contributed by atoms with Crippen LogP contribution >= 0.6 is 0 Å². The maximum Gasteiger partial charge on any atom is 0.394 e. The summed E-state index contributed by atoms with van der Waals surface area (Å²) in [5.41, 5.74) is 10.5. The standard InChI is InChI=1S/C10H19N3O2.H2O4S/c11-9(12)13-6-8-7-14-10(15-8)4-2-1-3-5-10;1-5(2,3)4/h8H,1-7H2,(H4,11,12,13);(H2,1,2,3,4). The van der Waals surface area contributed by atoms with E-state index in [1.165, 1.54) is 19.3 Å². The Labute approximate surface area is 117 Å². The maximum atomic E-state index is 8.74. The zero-order valence-corrected chi connectivity index (χ0v) is 11.9. The highest BCUT2D eigenvalue weighted by Gasteiger charge is 2.41. The lowest BCUT2D eigenvalue weighted by Gasteiger charge is -2.31. The van der Waals surface area contributed by atoms with Crippen LogP contribution in [0.2, 0.25) is 0 Å². The minimum atomic E-state index is -4.67. The summed E-state index contributed by atoms with van der Waals surface area (Å²) in [5.74, 6) is -0.204. The first kappa shape index (κ1) is 17.1. The Hall–Kier alpha value is -0.940. The Morgan fingerprint density at radius 3 is 2.30 bits per heavy atom. The fourth-order valence-electron chi connectivity index (χ4n) is 2.27. The van der Waals surface area contributed by atoms with Crippen LogP contribution in [-0.4, -0.2) is 48.5 Å². The van der Waals surface area contributed by atoms with Gasteiger partial charge in [-0.1, -0.05) is 6.42 Å². The number of nitrogens with zero attached hydrogens (tertiary/aromatic N) is 1. The smallest absolute Gasteiger partial charge is 0.370 e. The number of ether oxygens (including phenoxy) is 2.